The molecule has 5 radical (unpaired) electrons. The van der Waals surface area contributed by atoms with E-state index in [9.17, 15) is 0 Å². The third-order valence-electron chi connectivity index (χ3n) is 1.81. The zero-order chi connectivity index (χ0) is 9.61. The fourth-order valence-corrected chi connectivity index (χ4v) is 16.5. The molecular formula is C8H20Si4Zr-. The zero-order valence-electron chi connectivity index (χ0n) is 9.33. The minimum Gasteiger partial charge on any atom is -0.342 e. The quantitative estimate of drug-likeness (QED) is 0.521. The van der Waals surface area contributed by atoms with Crippen LogP contribution in [0.1, 0.15) is 0 Å². The molecule has 1 unspecified atom stereocenters. The molecule has 13 heavy (non-hydrogen) atoms. The van der Waals surface area contributed by atoms with Crippen molar-refractivity contribution in [3.05, 3.63) is 6.55 Å². The van der Waals surface area contributed by atoms with E-state index >= 15 is 0 Å². The first-order chi connectivity index (χ1) is 5.52. The Hall–Kier alpha value is 1.75. The Morgan fingerprint density at radius 1 is 1.31 bits per heavy atom. The monoisotopic (exact) mass is 318 g/mol. The molecule has 0 aromatic carbocycles. The van der Waals surface area contributed by atoms with Crippen LogP contribution >= 0.6 is 0 Å². The molecule has 0 spiro atoms. The fraction of sp³-hybridized carbons (Fsp3) is 0.875. The van der Waals surface area contributed by atoms with Crippen molar-refractivity contribution in [2.24, 2.45) is 0 Å². The van der Waals surface area contributed by atoms with Crippen LogP contribution in [0.5, 0.6) is 0 Å². The van der Waals surface area contributed by atoms with Gasteiger partial charge in [-0.25, -0.2) is 0 Å². The molecule has 0 aromatic heterocycles. The van der Waals surface area contributed by atoms with Gasteiger partial charge in [0.05, 0.1) is 0 Å². The summed E-state index contributed by atoms with van der Waals surface area (Å²) in [5, 5.41) is 0. The maximum atomic E-state index is 4.46. The summed E-state index contributed by atoms with van der Waals surface area (Å²) >= 11 is 0. The Kier molecular flexibility index (Phi) is 11.9. The van der Waals surface area contributed by atoms with E-state index in [4.69, 9.17) is 0 Å². The van der Waals surface area contributed by atoms with Crippen molar-refractivity contribution in [2.45, 2.75) is 43.2 Å². The van der Waals surface area contributed by atoms with Crippen LogP contribution in [0.15, 0.2) is 0 Å². The molecule has 0 nitrogen and oxygen atoms in total. The third kappa shape index (κ3) is 10.0. The molecule has 0 aromatic rings. The van der Waals surface area contributed by atoms with Crippen LogP contribution in [0.25, 0.3) is 0 Å². The van der Waals surface area contributed by atoms with E-state index in [-0.39, 0.29) is 35.0 Å². The Bertz CT molecular complexity index is 119. The van der Waals surface area contributed by atoms with Crippen molar-refractivity contribution in [3.8, 4) is 0 Å². The van der Waals surface area contributed by atoms with Crippen LogP contribution in [0.2, 0.25) is 43.2 Å². The molecule has 0 N–H and O–H groups in total. The molecule has 0 saturated heterocycles. The summed E-state index contributed by atoms with van der Waals surface area (Å²) < 4.78 is 0. The van der Waals surface area contributed by atoms with Crippen molar-refractivity contribution >= 4 is 35.9 Å². The Labute approximate surface area is 111 Å². The van der Waals surface area contributed by atoms with Gasteiger partial charge >= 0.3 is 0 Å². The third-order valence-corrected chi connectivity index (χ3v) is 16.3. The van der Waals surface area contributed by atoms with E-state index in [0.29, 0.717) is 0 Å². The van der Waals surface area contributed by atoms with Gasteiger partial charge < -0.3 is 6.55 Å². The predicted molar refractivity (Wildman–Crippen MR) is 66.3 cm³/mol. The number of rotatable bonds is 6. The minimum atomic E-state index is -0.992. The van der Waals surface area contributed by atoms with Crippen molar-refractivity contribution in [1.82, 2.24) is 0 Å². The van der Waals surface area contributed by atoms with Gasteiger partial charge in [0.25, 0.3) is 0 Å². The molecule has 0 heterocycles. The maximum Gasteiger partial charge on any atom is 0.0361 e. The largest absolute Gasteiger partial charge is 0.342 e. The predicted octanol–water partition coefficient (Wildman–Crippen LogP) is 2.52. The van der Waals surface area contributed by atoms with E-state index in [1.54, 1.807) is 5.67 Å². The first-order valence-electron chi connectivity index (χ1n) is 4.47. The van der Waals surface area contributed by atoms with Gasteiger partial charge in [-0.3, -0.25) is 0 Å². The maximum absolute atomic E-state index is 4.46. The van der Waals surface area contributed by atoms with Crippen LogP contribution in [-0.2, 0) is 26.2 Å². The van der Waals surface area contributed by atoms with Gasteiger partial charge in [-0.1, -0.05) is 43.2 Å². The molecule has 0 aliphatic rings. The summed E-state index contributed by atoms with van der Waals surface area (Å²) in [5.41, 5.74) is 4.52. The van der Waals surface area contributed by atoms with E-state index in [1.165, 1.54) is 20.9 Å². The van der Waals surface area contributed by atoms with E-state index in [2.05, 4.69) is 32.7 Å². The molecule has 5 heteroatoms. The van der Waals surface area contributed by atoms with Crippen LogP contribution < -0.4 is 0 Å². The average molecular weight is 320 g/mol. The second kappa shape index (κ2) is 9.01. The van der Waals surface area contributed by atoms with Crippen LogP contribution in [-0.4, -0.2) is 35.9 Å². The number of hydrogen-bond acceptors (Lipinski definition) is 0. The zero-order valence-corrected chi connectivity index (χ0v) is 15.8. The van der Waals surface area contributed by atoms with Gasteiger partial charge in [0.15, 0.2) is 0 Å². The molecule has 0 saturated carbocycles. The normalized spacial score (nSPS) is 15.2. The van der Waals surface area contributed by atoms with Crippen molar-refractivity contribution in [2.75, 3.05) is 0 Å². The molecule has 0 fully saturated rings. The first kappa shape index (κ1) is 17.2. The van der Waals surface area contributed by atoms with Gasteiger partial charge in [0.1, 0.15) is 0 Å². The second-order valence-electron chi connectivity index (χ2n) is 4.01. The molecular weight excluding hydrogens is 300 g/mol. The van der Waals surface area contributed by atoms with Crippen LogP contribution in [0.3, 0.4) is 0 Å². The molecule has 0 amide bonds. The standard InChI is InChI=1S/C8H20Si4.Zr/c1-9-6-11(3)8-12(4,5)7-10-2;/h4,6-8H2,1-3,5H3;/q-1;. The minimum absolute atomic E-state index is 0. The Balaban J connectivity index is 0. The molecule has 0 aliphatic carbocycles. The van der Waals surface area contributed by atoms with Crippen molar-refractivity contribution in [1.29, 1.82) is 0 Å². The van der Waals surface area contributed by atoms with Crippen molar-refractivity contribution < 1.29 is 26.2 Å². The first-order valence-corrected chi connectivity index (χ1v) is 13.4. The summed E-state index contributed by atoms with van der Waals surface area (Å²) in [4.78, 5) is 0. The summed E-state index contributed by atoms with van der Waals surface area (Å²) in [7, 11) is 1.30. The van der Waals surface area contributed by atoms with E-state index in [1.807, 2.05) is 0 Å². The second-order valence-corrected chi connectivity index (χ2v) is 15.2. The summed E-state index contributed by atoms with van der Waals surface area (Å²) in [5.74, 6) is 0. The molecule has 1 atom stereocenters. The van der Waals surface area contributed by atoms with Crippen LogP contribution in [0.4, 0.5) is 0 Å². The van der Waals surface area contributed by atoms with Gasteiger partial charge in [0.2, 0.25) is 0 Å². The Morgan fingerprint density at radius 2 is 1.85 bits per heavy atom. The SMILES string of the molecule is [CH2-][Si](C)(C[Si]C)C[Si](C)C[Si]C.[Zr]. The summed E-state index contributed by atoms with van der Waals surface area (Å²) in [6.07, 6.45) is 0. The van der Waals surface area contributed by atoms with Gasteiger partial charge in [-0.2, -0.15) is 0 Å². The van der Waals surface area contributed by atoms with Gasteiger partial charge in [-0.05, 0) is 0 Å². The molecule has 0 aliphatic heterocycles. The van der Waals surface area contributed by atoms with Crippen molar-refractivity contribution in [3.63, 3.8) is 0 Å². The van der Waals surface area contributed by atoms with Gasteiger partial charge in [0, 0.05) is 54.0 Å². The average Bonchev–Trinajstić information content (AvgIpc) is 1.85. The summed E-state index contributed by atoms with van der Waals surface area (Å²) in [6, 6.07) is 0. The molecule has 0 rings (SSSR count). The summed E-state index contributed by atoms with van der Waals surface area (Å²) in [6.45, 7) is 14.1. The Morgan fingerprint density at radius 3 is 2.23 bits per heavy atom. The van der Waals surface area contributed by atoms with Gasteiger partial charge in [-0.15, -0.1) is 8.07 Å². The molecule has 73 valence electrons. The van der Waals surface area contributed by atoms with E-state index < -0.39 is 8.07 Å². The molecule has 0 bridgehead atoms. The topological polar surface area (TPSA) is 0 Å². The number of hydrogen-bond donors (Lipinski definition) is 0. The smallest absolute Gasteiger partial charge is 0.0361 e. The van der Waals surface area contributed by atoms with E-state index in [0.717, 1.165) is 9.52 Å². The van der Waals surface area contributed by atoms with Crippen LogP contribution in [0, 0.1) is 6.55 Å². The fourth-order valence-electron chi connectivity index (χ4n) is 1.58.